The van der Waals surface area contributed by atoms with Crippen LogP contribution in [0.25, 0.3) is 17.1 Å². The molecule has 9 heteroatoms. The van der Waals surface area contributed by atoms with Gasteiger partial charge in [-0.1, -0.05) is 35.5 Å². The minimum absolute atomic E-state index is 0.218. The molecule has 8 nitrogen and oxygen atoms in total. The molecule has 4 aromatic rings. The van der Waals surface area contributed by atoms with Gasteiger partial charge in [-0.15, -0.1) is 10.2 Å². The summed E-state index contributed by atoms with van der Waals surface area (Å²) in [5.41, 5.74) is 2.94. The van der Waals surface area contributed by atoms with Gasteiger partial charge in [0.25, 0.3) is 0 Å². The third kappa shape index (κ3) is 5.38. The molecule has 0 spiro atoms. The van der Waals surface area contributed by atoms with E-state index in [4.69, 9.17) is 4.74 Å². The molecule has 1 unspecified atom stereocenters. The Labute approximate surface area is 196 Å². The largest absolute Gasteiger partial charge is 0.494 e. The maximum atomic E-state index is 12.7. The Balaban J connectivity index is 1.66. The van der Waals surface area contributed by atoms with Crippen LogP contribution in [-0.2, 0) is 4.79 Å². The van der Waals surface area contributed by atoms with Gasteiger partial charge in [0.15, 0.2) is 11.0 Å². The van der Waals surface area contributed by atoms with E-state index in [1.54, 1.807) is 18.5 Å². The molecule has 0 bridgehead atoms. The fourth-order valence-electron chi connectivity index (χ4n) is 3.20. The number of amides is 1. The summed E-state index contributed by atoms with van der Waals surface area (Å²) in [5, 5.41) is 11.8. The van der Waals surface area contributed by atoms with Crippen LogP contribution in [0.15, 0.2) is 72.1 Å². The standard InChI is InChI=1S/C24H24N6O2S/c1-4-32-20-11-9-19(10-12-20)30-21(18-8-5-7-16(2)15-18)28-29-24(30)33-17(3)22(31)27-23-25-13-6-14-26-23/h5-15,17H,4H2,1-3H3,(H,25,26,27,31). The molecule has 0 fully saturated rings. The lowest BCUT2D eigenvalue weighted by Crippen LogP contribution is -2.24. The van der Waals surface area contributed by atoms with Gasteiger partial charge in [-0.2, -0.15) is 0 Å². The number of carbonyl (C=O) groups excluding carboxylic acids is 1. The predicted molar refractivity (Wildman–Crippen MR) is 129 cm³/mol. The average Bonchev–Trinajstić information content (AvgIpc) is 3.24. The highest BCUT2D eigenvalue weighted by Gasteiger charge is 2.22. The van der Waals surface area contributed by atoms with E-state index in [1.807, 2.05) is 67.8 Å². The fraction of sp³-hybridized carbons (Fsp3) is 0.208. The van der Waals surface area contributed by atoms with Crippen molar-refractivity contribution in [3.8, 4) is 22.8 Å². The molecule has 2 aromatic carbocycles. The third-order valence-corrected chi connectivity index (χ3v) is 5.81. The Kier molecular flexibility index (Phi) is 6.99. The normalized spacial score (nSPS) is 11.7. The van der Waals surface area contributed by atoms with E-state index >= 15 is 0 Å². The van der Waals surface area contributed by atoms with Crippen LogP contribution in [0.3, 0.4) is 0 Å². The van der Waals surface area contributed by atoms with Gasteiger partial charge < -0.3 is 4.74 Å². The molecule has 4 rings (SSSR count). The van der Waals surface area contributed by atoms with Crippen molar-refractivity contribution in [1.29, 1.82) is 0 Å². The van der Waals surface area contributed by atoms with Crippen molar-refractivity contribution in [2.45, 2.75) is 31.2 Å². The molecule has 1 amide bonds. The molecular weight excluding hydrogens is 436 g/mol. The Bertz CT molecular complexity index is 1230. The number of nitrogens with one attached hydrogen (secondary N) is 1. The van der Waals surface area contributed by atoms with Crippen molar-refractivity contribution in [2.75, 3.05) is 11.9 Å². The van der Waals surface area contributed by atoms with Crippen LogP contribution in [0, 0.1) is 6.92 Å². The summed E-state index contributed by atoms with van der Waals surface area (Å²) >= 11 is 1.32. The van der Waals surface area contributed by atoms with Gasteiger partial charge in [-0.3, -0.25) is 14.7 Å². The van der Waals surface area contributed by atoms with Crippen LogP contribution in [-0.4, -0.2) is 42.5 Å². The van der Waals surface area contributed by atoms with Crippen molar-refractivity contribution in [1.82, 2.24) is 24.7 Å². The highest BCUT2D eigenvalue weighted by molar-refractivity contribution is 8.00. The number of hydrogen-bond donors (Lipinski definition) is 1. The zero-order valence-corrected chi connectivity index (χ0v) is 19.4. The van der Waals surface area contributed by atoms with Gasteiger partial charge in [0.2, 0.25) is 11.9 Å². The zero-order valence-electron chi connectivity index (χ0n) is 18.6. The SMILES string of the molecule is CCOc1ccc(-n2c(SC(C)C(=O)Nc3ncccn3)nnc2-c2cccc(C)c2)cc1. The maximum absolute atomic E-state index is 12.7. The van der Waals surface area contributed by atoms with E-state index in [0.29, 0.717) is 17.6 Å². The van der Waals surface area contributed by atoms with Crippen molar-refractivity contribution in [2.24, 2.45) is 0 Å². The minimum Gasteiger partial charge on any atom is -0.494 e. The number of benzene rings is 2. The summed E-state index contributed by atoms with van der Waals surface area (Å²) in [6.07, 6.45) is 3.16. The van der Waals surface area contributed by atoms with Crippen molar-refractivity contribution in [3.05, 3.63) is 72.6 Å². The third-order valence-electron chi connectivity index (χ3n) is 4.77. The fourth-order valence-corrected chi connectivity index (χ4v) is 4.06. The Hall–Kier alpha value is -3.72. The van der Waals surface area contributed by atoms with Gasteiger partial charge in [0, 0.05) is 23.6 Å². The lowest BCUT2D eigenvalue weighted by molar-refractivity contribution is -0.115. The molecule has 1 N–H and O–H groups in total. The Morgan fingerprint density at radius 3 is 2.55 bits per heavy atom. The van der Waals surface area contributed by atoms with Crippen LogP contribution in [0.5, 0.6) is 5.75 Å². The summed E-state index contributed by atoms with van der Waals surface area (Å²) in [7, 11) is 0. The van der Waals surface area contributed by atoms with E-state index < -0.39 is 5.25 Å². The highest BCUT2D eigenvalue weighted by atomic mass is 32.2. The molecule has 168 valence electrons. The number of ether oxygens (including phenoxy) is 1. The second kappa shape index (κ2) is 10.3. The van der Waals surface area contributed by atoms with E-state index in [9.17, 15) is 4.79 Å². The number of hydrogen-bond acceptors (Lipinski definition) is 7. The van der Waals surface area contributed by atoms with Crippen LogP contribution in [0.2, 0.25) is 0 Å². The number of nitrogens with zero attached hydrogens (tertiary/aromatic N) is 5. The molecular formula is C24H24N6O2S. The Morgan fingerprint density at radius 1 is 1.09 bits per heavy atom. The van der Waals surface area contributed by atoms with Crippen molar-refractivity contribution in [3.63, 3.8) is 0 Å². The summed E-state index contributed by atoms with van der Waals surface area (Å²) in [5.74, 6) is 1.54. The number of aryl methyl sites for hydroxylation is 1. The summed E-state index contributed by atoms with van der Waals surface area (Å²) < 4.78 is 7.54. The van der Waals surface area contributed by atoms with Gasteiger partial charge >= 0.3 is 0 Å². The molecule has 0 radical (unpaired) electrons. The number of aromatic nitrogens is 5. The van der Waals surface area contributed by atoms with Gasteiger partial charge in [-0.25, -0.2) is 9.97 Å². The lowest BCUT2D eigenvalue weighted by Gasteiger charge is -2.14. The van der Waals surface area contributed by atoms with Crippen molar-refractivity contribution < 1.29 is 9.53 Å². The summed E-state index contributed by atoms with van der Waals surface area (Å²) in [4.78, 5) is 20.8. The lowest BCUT2D eigenvalue weighted by atomic mass is 10.1. The van der Waals surface area contributed by atoms with E-state index in [-0.39, 0.29) is 11.9 Å². The maximum Gasteiger partial charge on any atom is 0.240 e. The summed E-state index contributed by atoms with van der Waals surface area (Å²) in [6, 6.07) is 17.5. The van der Waals surface area contributed by atoms with E-state index in [1.165, 1.54) is 11.8 Å². The Morgan fingerprint density at radius 2 is 1.85 bits per heavy atom. The molecule has 1 atom stereocenters. The first-order valence-electron chi connectivity index (χ1n) is 10.6. The summed E-state index contributed by atoms with van der Waals surface area (Å²) in [6.45, 7) is 6.39. The predicted octanol–water partition coefficient (Wildman–Crippen LogP) is 4.55. The molecule has 0 saturated carbocycles. The second-order valence-electron chi connectivity index (χ2n) is 7.26. The first-order valence-corrected chi connectivity index (χ1v) is 11.4. The minimum atomic E-state index is -0.454. The van der Waals surface area contributed by atoms with Crippen molar-refractivity contribution >= 4 is 23.6 Å². The molecule has 0 saturated heterocycles. The number of carbonyl (C=O) groups is 1. The first kappa shape index (κ1) is 22.5. The molecule has 2 aromatic heterocycles. The van der Waals surface area contributed by atoms with Crippen LogP contribution in [0.1, 0.15) is 19.4 Å². The second-order valence-corrected chi connectivity index (χ2v) is 8.57. The smallest absolute Gasteiger partial charge is 0.240 e. The number of thioether (sulfide) groups is 1. The molecule has 0 aliphatic rings. The van der Waals surface area contributed by atoms with Gasteiger partial charge in [0.05, 0.1) is 11.9 Å². The molecule has 2 heterocycles. The molecule has 0 aliphatic carbocycles. The topological polar surface area (TPSA) is 94.8 Å². The average molecular weight is 461 g/mol. The monoisotopic (exact) mass is 460 g/mol. The number of rotatable bonds is 8. The first-order chi connectivity index (χ1) is 16.0. The molecule has 0 aliphatic heterocycles. The highest BCUT2D eigenvalue weighted by Crippen LogP contribution is 2.31. The van der Waals surface area contributed by atoms with E-state index in [0.717, 1.165) is 22.6 Å². The van der Waals surface area contributed by atoms with Gasteiger partial charge in [-0.05, 0) is 57.2 Å². The van der Waals surface area contributed by atoms with Gasteiger partial charge in [0.1, 0.15) is 5.75 Å². The van der Waals surface area contributed by atoms with Crippen LogP contribution >= 0.6 is 11.8 Å². The quantitative estimate of drug-likeness (QED) is 0.385. The zero-order chi connectivity index (χ0) is 23.2. The van der Waals surface area contributed by atoms with Crippen LogP contribution < -0.4 is 10.1 Å². The van der Waals surface area contributed by atoms with Crippen LogP contribution in [0.4, 0.5) is 5.95 Å². The van der Waals surface area contributed by atoms with E-state index in [2.05, 4.69) is 31.5 Å². The number of anilines is 1. The molecule has 33 heavy (non-hydrogen) atoms.